The zero-order valence-corrected chi connectivity index (χ0v) is 12.8. The number of rotatable bonds is 4. The molecule has 2 aromatic rings. The van der Waals surface area contributed by atoms with Gasteiger partial charge in [-0.1, -0.05) is 30.0 Å². The second-order valence-electron chi connectivity index (χ2n) is 5.65. The summed E-state index contributed by atoms with van der Waals surface area (Å²) in [5.41, 5.74) is 1.45. The largest absolute Gasteiger partial charge is 0.468 e. The molecule has 0 aliphatic heterocycles. The lowest BCUT2D eigenvalue weighted by molar-refractivity contribution is 0.422. The fourth-order valence-electron chi connectivity index (χ4n) is 1.71. The van der Waals surface area contributed by atoms with Gasteiger partial charge in [-0.2, -0.15) is 0 Å². The van der Waals surface area contributed by atoms with Crippen molar-refractivity contribution in [2.24, 2.45) is 0 Å². The van der Waals surface area contributed by atoms with Crippen molar-refractivity contribution in [2.45, 2.75) is 49.6 Å². The highest BCUT2D eigenvalue weighted by Crippen LogP contribution is 2.33. The van der Waals surface area contributed by atoms with E-state index in [1.165, 1.54) is 15.4 Å². The number of furan rings is 1. The number of aryl methyl sites for hydroxylation is 1. The van der Waals surface area contributed by atoms with Crippen LogP contribution in [0.25, 0.3) is 0 Å². The van der Waals surface area contributed by atoms with Gasteiger partial charge in [0.2, 0.25) is 0 Å². The van der Waals surface area contributed by atoms with Gasteiger partial charge in [0.15, 0.2) is 0 Å². The molecule has 0 amide bonds. The maximum Gasteiger partial charge on any atom is 0.114 e. The highest BCUT2D eigenvalue weighted by Gasteiger charge is 2.11. The van der Waals surface area contributed by atoms with E-state index in [9.17, 15) is 0 Å². The van der Waals surface area contributed by atoms with Crippen molar-refractivity contribution in [3.05, 3.63) is 47.9 Å². The topological polar surface area (TPSA) is 25.2 Å². The summed E-state index contributed by atoms with van der Waals surface area (Å²) in [6.45, 7) is 9.43. The molecule has 1 N–H and O–H groups in total. The minimum Gasteiger partial charge on any atom is -0.468 e. The van der Waals surface area contributed by atoms with Crippen molar-refractivity contribution < 1.29 is 4.42 Å². The van der Waals surface area contributed by atoms with Crippen LogP contribution in [0.4, 0.5) is 0 Å². The van der Waals surface area contributed by atoms with Gasteiger partial charge in [0.1, 0.15) is 5.76 Å². The lowest BCUT2D eigenvalue weighted by Crippen LogP contribution is -2.35. The maximum absolute atomic E-state index is 5.35. The predicted octanol–water partition coefficient (Wildman–Crippen LogP) is 4.63. The van der Waals surface area contributed by atoms with Gasteiger partial charge in [0.05, 0.1) is 11.2 Å². The molecular weight excluding hydrogens is 254 g/mol. The minimum absolute atomic E-state index is 0.128. The van der Waals surface area contributed by atoms with Crippen LogP contribution in [0.2, 0.25) is 0 Å². The first-order valence-electron chi connectivity index (χ1n) is 6.50. The maximum atomic E-state index is 5.35. The average molecular weight is 275 g/mol. The van der Waals surface area contributed by atoms with Crippen LogP contribution in [0.3, 0.4) is 0 Å². The van der Waals surface area contributed by atoms with E-state index in [0.717, 1.165) is 12.3 Å². The van der Waals surface area contributed by atoms with Crippen molar-refractivity contribution >= 4 is 11.8 Å². The first-order valence-corrected chi connectivity index (χ1v) is 7.32. The molecule has 19 heavy (non-hydrogen) atoms. The van der Waals surface area contributed by atoms with Crippen LogP contribution in [0.1, 0.15) is 32.1 Å². The zero-order valence-electron chi connectivity index (χ0n) is 12.0. The summed E-state index contributed by atoms with van der Waals surface area (Å²) in [6.07, 6.45) is 1.74. The number of nitrogens with one attached hydrogen (secondary N) is 1. The monoisotopic (exact) mass is 275 g/mol. The Kier molecular flexibility index (Phi) is 4.38. The third-order valence-corrected chi connectivity index (χ3v) is 4.07. The van der Waals surface area contributed by atoms with Crippen molar-refractivity contribution in [3.63, 3.8) is 0 Å². The third kappa shape index (κ3) is 4.15. The van der Waals surface area contributed by atoms with Crippen molar-refractivity contribution in [2.75, 3.05) is 0 Å². The van der Waals surface area contributed by atoms with Gasteiger partial charge in [0.25, 0.3) is 0 Å². The second-order valence-corrected chi connectivity index (χ2v) is 6.74. The summed E-state index contributed by atoms with van der Waals surface area (Å²) < 4.78 is 5.35. The molecule has 3 heteroatoms. The molecule has 0 aliphatic carbocycles. The van der Waals surface area contributed by atoms with Crippen LogP contribution in [0, 0.1) is 6.92 Å². The van der Waals surface area contributed by atoms with Crippen molar-refractivity contribution in [1.82, 2.24) is 5.32 Å². The van der Waals surface area contributed by atoms with Crippen LogP contribution >= 0.6 is 11.8 Å². The van der Waals surface area contributed by atoms with Crippen LogP contribution in [0.5, 0.6) is 0 Å². The first kappa shape index (κ1) is 14.2. The Balaban J connectivity index is 2.15. The smallest absolute Gasteiger partial charge is 0.114 e. The fourth-order valence-corrected chi connectivity index (χ4v) is 2.68. The van der Waals surface area contributed by atoms with Gasteiger partial charge < -0.3 is 9.73 Å². The molecule has 2 rings (SSSR count). The Labute approximate surface area is 119 Å². The molecule has 0 unspecified atom stereocenters. The summed E-state index contributed by atoms with van der Waals surface area (Å²) in [7, 11) is 0. The number of hydrogen-bond acceptors (Lipinski definition) is 3. The molecule has 1 aromatic carbocycles. The van der Waals surface area contributed by atoms with Gasteiger partial charge in [-0.15, -0.1) is 0 Å². The summed E-state index contributed by atoms with van der Waals surface area (Å²) in [4.78, 5) is 2.46. The van der Waals surface area contributed by atoms with E-state index in [-0.39, 0.29) is 5.54 Å². The molecule has 0 aliphatic rings. The fraction of sp³-hybridized carbons (Fsp3) is 0.375. The summed E-state index contributed by atoms with van der Waals surface area (Å²) >= 11 is 1.76. The minimum atomic E-state index is 0.128. The van der Waals surface area contributed by atoms with Gasteiger partial charge in [-0.05, 0) is 45.4 Å². The summed E-state index contributed by atoms with van der Waals surface area (Å²) in [5, 5.41) is 3.54. The highest BCUT2D eigenvalue weighted by atomic mass is 32.2. The normalized spacial score (nSPS) is 11.8. The van der Waals surface area contributed by atoms with E-state index in [4.69, 9.17) is 4.42 Å². The lowest BCUT2D eigenvalue weighted by atomic mass is 10.1. The van der Waals surface area contributed by atoms with E-state index >= 15 is 0 Å². The van der Waals surface area contributed by atoms with Gasteiger partial charge in [0, 0.05) is 17.0 Å². The van der Waals surface area contributed by atoms with E-state index in [1.807, 2.05) is 13.0 Å². The molecule has 1 aromatic heterocycles. The zero-order chi connectivity index (χ0) is 13.9. The van der Waals surface area contributed by atoms with Crippen LogP contribution in [-0.4, -0.2) is 5.54 Å². The molecule has 2 nitrogen and oxygen atoms in total. The molecule has 0 bridgehead atoms. The molecule has 0 fully saturated rings. The molecule has 0 saturated carbocycles. The van der Waals surface area contributed by atoms with Crippen molar-refractivity contribution in [1.29, 1.82) is 0 Å². The van der Waals surface area contributed by atoms with E-state index in [0.29, 0.717) is 0 Å². The van der Waals surface area contributed by atoms with Gasteiger partial charge >= 0.3 is 0 Å². The number of hydrogen-bond donors (Lipinski definition) is 1. The number of benzene rings is 1. The van der Waals surface area contributed by atoms with E-state index in [2.05, 4.69) is 50.4 Å². The average Bonchev–Trinajstić information content (AvgIpc) is 2.73. The molecule has 0 atom stereocenters. The quantitative estimate of drug-likeness (QED) is 0.881. The molecule has 0 radical (unpaired) electrons. The van der Waals surface area contributed by atoms with Crippen LogP contribution in [0.15, 0.2) is 50.8 Å². The Morgan fingerprint density at radius 2 is 1.84 bits per heavy atom. The van der Waals surface area contributed by atoms with Crippen LogP contribution < -0.4 is 5.32 Å². The predicted molar refractivity (Wildman–Crippen MR) is 80.6 cm³/mol. The lowest BCUT2D eigenvalue weighted by Gasteiger charge is -2.21. The Bertz CT molecular complexity index is 540. The second kappa shape index (κ2) is 5.85. The molecular formula is C16H21NOS. The molecule has 102 valence electrons. The first-order chi connectivity index (χ1) is 8.96. The van der Waals surface area contributed by atoms with Gasteiger partial charge in [-0.25, -0.2) is 0 Å². The highest BCUT2D eigenvalue weighted by molar-refractivity contribution is 7.99. The van der Waals surface area contributed by atoms with E-state index in [1.54, 1.807) is 18.0 Å². The van der Waals surface area contributed by atoms with Crippen LogP contribution in [-0.2, 0) is 6.54 Å². The third-order valence-electron chi connectivity index (χ3n) is 2.81. The summed E-state index contributed by atoms with van der Waals surface area (Å²) in [5.74, 6) is 0.976. The van der Waals surface area contributed by atoms with Gasteiger partial charge in [-0.3, -0.25) is 0 Å². The van der Waals surface area contributed by atoms with E-state index < -0.39 is 0 Å². The molecule has 0 saturated heterocycles. The van der Waals surface area contributed by atoms with Crippen molar-refractivity contribution in [3.8, 4) is 0 Å². The Morgan fingerprint density at radius 3 is 2.47 bits per heavy atom. The Hall–Kier alpha value is -1.19. The summed E-state index contributed by atoms with van der Waals surface area (Å²) in [6, 6.07) is 10.5. The molecule has 0 spiro atoms. The SMILES string of the molecule is Cc1occc1Sc1ccccc1CNC(C)(C)C. The molecule has 1 heterocycles. The standard InChI is InChI=1S/C16H21NOS/c1-12-14(9-10-18-12)19-15-8-6-5-7-13(15)11-17-16(2,3)4/h5-10,17H,11H2,1-4H3. The Morgan fingerprint density at radius 1 is 1.11 bits per heavy atom.